The number of alkyl halides is 1. The van der Waals surface area contributed by atoms with Crippen molar-refractivity contribution in [2.24, 2.45) is 0 Å². The first-order chi connectivity index (χ1) is 9.19. The Hall–Kier alpha value is -1.75. The monoisotopic (exact) mass is 287 g/mol. The smallest absolute Gasteiger partial charge is 0.408 e. The van der Waals surface area contributed by atoms with Crippen LogP contribution in [0, 0.1) is 0 Å². The molecule has 0 saturated carbocycles. The predicted molar refractivity (Wildman–Crippen MR) is 73.1 cm³/mol. The number of rotatable bonds is 4. The normalized spacial score (nSPS) is 10.5. The zero-order valence-corrected chi connectivity index (χ0v) is 11.9. The van der Waals surface area contributed by atoms with Crippen LogP contribution in [0.15, 0.2) is 30.3 Å². The number of hydrogen-bond donors (Lipinski definition) is 1. The first kappa shape index (κ1) is 17.2. The van der Waals surface area contributed by atoms with Crippen LogP contribution >= 0.6 is 11.6 Å². The number of carbonyl (C=O) groups excluding carboxylic acids is 2. The van der Waals surface area contributed by atoms with Crippen molar-refractivity contribution in [1.29, 1.82) is 0 Å². The van der Waals surface area contributed by atoms with Gasteiger partial charge < -0.3 is 14.8 Å². The van der Waals surface area contributed by atoms with Crippen molar-refractivity contribution in [3.63, 3.8) is 0 Å². The van der Waals surface area contributed by atoms with Crippen LogP contribution in [-0.2, 0) is 14.3 Å². The number of halogens is 1. The van der Waals surface area contributed by atoms with E-state index in [1.807, 2.05) is 6.07 Å². The Bertz CT molecular complexity index is 383. The molecule has 1 atom stereocenters. The van der Waals surface area contributed by atoms with Crippen LogP contribution in [0.5, 0.6) is 0 Å². The van der Waals surface area contributed by atoms with E-state index in [0.29, 0.717) is 5.56 Å². The van der Waals surface area contributed by atoms with Crippen LogP contribution in [0.25, 0.3) is 0 Å². The van der Waals surface area contributed by atoms with Crippen molar-refractivity contribution < 1.29 is 19.1 Å². The maximum atomic E-state index is 11.6. The van der Waals surface area contributed by atoms with Crippen molar-refractivity contribution in [2.45, 2.75) is 13.0 Å². The number of alkyl carbamates (subject to hydrolysis) is 1. The zero-order chi connectivity index (χ0) is 14.7. The average molecular weight is 288 g/mol. The number of ether oxygens (including phenoxy) is 2. The van der Waals surface area contributed by atoms with Crippen molar-refractivity contribution in [3.8, 4) is 0 Å². The topological polar surface area (TPSA) is 64.6 Å². The van der Waals surface area contributed by atoms with Gasteiger partial charge in [0.25, 0.3) is 0 Å². The van der Waals surface area contributed by atoms with Crippen molar-refractivity contribution >= 4 is 23.7 Å². The van der Waals surface area contributed by atoms with Gasteiger partial charge in [0, 0.05) is 6.38 Å². The number of carbonyl (C=O) groups is 2. The number of hydrogen-bond acceptors (Lipinski definition) is 4. The molecule has 0 spiro atoms. The van der Waals surface area contributed by atoms with E-state index in [-0.39, 0.29) is 6.61 Å². The molecule has 1 amide bonds. The summed E-state index contributed by atoms with van der Waals surface area (Å²) in [5, 5.41) is 2.45. The molecule has 106 valence electrons. The summed E-state index contributed by atoms with van der Waals surface area (Å²) in [5.74, 6) is -0.538. The molecule has 0 aliphatic rings. The third-order valence-corrected chi connectivity index (χ3v) is 2.11. The van der Waals surface area contributed by atoms with E-state index >= 15 is 0 Å². The molecular formula is C13H18ClNO4. The van der Waals surface area contributed by atoms with E-state index in [1.54, 1.807) is 31.2 Å². The minimum absolute atomic E-state index is 0.245. The highest BCUT2D eigenvalue weighted by molar-refractivity contribution is 6.15. The SMILES string of the molecule is CCOC(=O)NC(C(=O)OC)c1ccccc1.CCl. The van der Waals surface area contributed by atoms with Gasteiger partial charge in [0.15, 0.2) is 6.04 Å². The molecule has 0 aromatic heterocycles. The van der Waals surface area contributed by atoms with Crippen molar-refractivity contribution in [2.75, 3.05) is 20.1 Å². The van der Waals surface area contributed by atoms with E-state index in [4.69, 9.17) is 4.74 Å². The van der Waals surface area contributed by atoms with E-state index in [0.717, 1.165) is 0 Å². The summed E-state index contributed by atoms with van der Waals surface area (Å²) in [4.78, 5) is 22.9. The van der Waals surface area contributed by atoms with Gasteiger partial charge in [-0.1, -0.05) is 30.3 Å². The highest BCUT2D eigenvalue weighted by Crippen LogP contribution is 2.14. The van der Waals surface area contributed by atoms with Crippen LogP contribution < -0.4 is 5.32 Å². The summed E-state index contributed by atoms with van der Waals surface area (Å²) >= 11 is 4.64. The molecule has 1 unspecified atom stereocenters. The van der Waals surface area contributed by atoms with Gasteiger partial charge in [0.05, 0.1) is 13.7 Å². The lowest BCUT2D eigenvalue weighted by Crippen LogP contribution is -2.34. The molecule has 1 rings (SSSR count). The Balaban J connectivity index is 0.00000154. The molecule has 0 bridgehead atoms. The van der Waals surface area contributed by atoms with Crippen molar-refractivity contribution in [3.05, 3.63) is 35.9 Å². The van der Waals surface area contributed by atoms with Crippen LogP contribution in [0.3, 0.4) is 0 Å². The fourth-order valence-electron chi connectivity index (χ4n) is 1.33. The molecular weight excluding hydrogens is 270 g/mol. The Morgan fingerprint density at radius 2 is 1.84 bits per heavy atom. The fourth-order valence-corrected chi connectivity index (χ4v) is 1.33. The molecule has 6 heteroatoms. The lowest BCUT2D eigenvalue weighted by atomic mass is 10.1. The van der Waals surface area contributed by atoms with Crippen LogP contribution in [0.4, 0.5) is 4.79 Å². The second-order valence-corrected chi connectivity index (χ2v) is 3.23. The average Bonchev–Trinajstić information content (AvgIpc) is 2.47. The molecule has 0 heterocycles. The van der Waals surface area contributed by atoms with Gasteiger partial charge in [-0.3, -0.25) is 0 Å². The number of amides is 1. The first-order valence-electron chi connectivity index (χ1n) is 5.63. The Morgan fingerprint density at radius 1 is 1.26 bits per heavy atom. The molecule has 1 aromatic rings. The summed E-state index contributed by atoms with van der Waals surface area (Å²) in [5.41, 5.74) is 0.646. The van der Waals surface area contributed by atoms with Crippen LogP contribution in [-0.4, -0.2) is 32.2 Å². The lowest BCUT2D eigenvalue weighted by Gasteiger charge is -2.16. The van der Waals surface area contributed by atoms with Gasteiger partial charge in [0.1, 0.15) is 0 Å². The minimum atomic E-state index is -0.847. The Morgan fingerprint density at radius 3 is 2.32 bits per heavy atom. The largest absolute Gasteiger partial charge is 0.467 e. The summed E-state index contributed by atoms with van der Waals surface area (Å²) in [6.07, 6.45) is 0.826. The van der Waals surface area contributed by atoms with Crippen molar-refractivity contribution in [1.82, 2.24) is 5.32 Å². The number of methoxy groups -OCH3 is 1. The van der Waals surface area contributed by atoms with Gasteiger partial charge in [-0.2, -0.15) is 0 Å². The highest BCUT2D eigenvalue weighted by Gasteiger charge is 2.23. The summed E-state index contributed by atoms with van der Waals surface area (Å²) in [6, 6.07) is 7.99. The quantitative estimate of drug-likeness (QED) is 0.682. The van der Waals surface area contributed by atoms with Gasteiger partial charge in [-0.25, -0.2) is 9.59 Å². The predicted octanol–water partition coefficient (Wildman–Crippen LogP) is 2.50. The maximum absolute atomic E-state index is 11.6. The fraction of sp³-hybridized carbons (Fsp3) is 0.385. The second kappa shape index (κ2) is 10.2. The standard InChI is InChI=1S/C12H15NO4.CH3Cl/c1-3-17-12(15)13-10(11(14)16-2)9-7-5-4-6-8-9;1-2/h4-8,10H,3H2,1-2H3,(H,13,15);1H3. The zero-order valence-electron chi connectivity index (χ0n) is 11.2. The van der Waals surface area contributed by atoms with Gasteiger partial charge in [0.2, 0.25) is 0 Å². The number of nitrogens with one attached hydrogen (secondary N) is 1. The summed E-state index contributed by atoms with van der Waals surface area (Å²) < 4.78 is 9.37. The third kappa shape index (κ3) is 6.10. The van der Waals surface area contributed by atoms with E-state index in [2.05, 4.69) is 21.7 Å². The van der Waals surface area contributed by atoms with Crippen LogP contribution in [0.1, 0.15) is 18.5 Å². The Kier molecular flexibility index (Phi) is 9.26. The maximum Gasteiger partial charge on any atom is 0.408 e. The molecule has 0 aliphatic carbocycles. The van der Waals surface area contributed by atoms with E-state index in [9.17, 15) is 9.59 Å². The van der Waals surface area contributed by atoms with Gasteiger partial charge >= 0.3 is 12.1 Å². The lowest BCUT2D eigenvalue weighted by molar-refractivity contribution is -0.143. The third-order valence-electron chi connectivity index (χ3n) is 2.11. The molecule has 0 aliphatic heterocycles. The first-order valence-corrected chi connectivity index (χ1v) is 6.38. The minimum Gasteiger partial charge on any atom is -0.467 e. The Labute approximate surface area is 117 Å². The summed E-state index contributed by atoms with van der Waals surface area (Å²) in [7, 11) is 1.27. The van der Waals surface area contributed by atoms with E-state index < -0.39 is 18.1 Å². The number of benzene rings is 1. The molecule has 1 aromatic carbocycles. The molecule has 19 heavy (non-hydrogen) atoms. The number of esters is 1. The van der Waals surface area contributed by atoms with E-state index in [1.165, 1.54) is 13.5 Å². The summed E-state index contributed by atoms with van der Waals surface area (Å²) in [6.45, 7) is 1.93. The molecule has 5 nitrogen and oxygen atoms in total. The molecule has 1 N–H and O–H groups in total. The van der Waals surface area contributed by atoms with Crippen LogP contribution in [0.2, 0.25) is 0 Å². The highest BCUT2D eigenvalue weighted by atomic mass is 35.5. The molecule has 0 fully saturated rings. The molecule has 0 saturated heterocycles. The molecule has 0 radical (unpaired) electrons. The van der Waals surface area contributed by atoms with Gasteiger partial charge in [-0.15, -0.1) is 11.6 Å². The second-order valence-electron chi connectivity index (χ2n) is 3.23. The van der Waals surface area contributed by atoms with Gasteiger partial charge in [-0.05, 0) is 12.5 Å².